The maximum atomic E-state index is 11.5. The summed E-state index contributed by atoms with van der Waals surface area (Å²) in [6.07, 6.45) is 4.92. The molecule has 0 fully saturated rings. The van der Waals surface area contributed by atoms with Gasteiger partial charge in [-0.25, -0.2) is 9.59 Å². The fourth-order valence-electron chi connectivity index (χ4n) is 2.04. The van der Waals surface area contributed by atoms with E-state index in [1.54, 1.807) is 12.1 Å². The van der Waals surface area contributed by atoms with E-state index >= 15 is 0 Å². The second-order valence-corrected chi connectivity index (χ2v) is 5.10. The van der Waals surface area contributed by atoms with E-state index in [1.165, 1.54) is 13.2 Å². The summed E-state index contributed by atoms with van der Waals surface area (Å²) in [5, 5.41) is 0. The second-order valence-electron chi connectivity index (χ2n) is 5.10. The van der Waals surface area contributed by atoms with Gasteiger partial charge in [0.1, 0.15) is 5.75 Å². The number of hydrogen-bond acceptors (Lipinski definition) is 5. The Hall–Kier alpha value is -2.30. The van der Waals surface area contributed by atoms with Crippen molar-refractivity contribution in [3.05, 3.63) is 42.0 Å². The molecule has 0 amide bonds. The number of rotatable bonds is 10. The molecule has 1 rings (SSSR count). The van der Waals surface area contributed by atoms with E-state index in [4.69, 9.17) is 14.2 Å². The summed E-state index contributed by atoms with van der Waals surface area (Å²) in [5.74, 6) is 0.0281. The van der Waals surface area contributed by atoms with E-state index in [1.807, 2.05) is 13.0 Å². The molecular formula is C18H24O5. The van der Waals surface area contributed by atoms with Gasteiger partial charge in [0.15, 0.2) is 0 Å². The fourth-order valence-corrected chi connectivity index (χ4v) is 2.04. The maximum Gasteiger partial charge on any atom is 0.338 e. The highest BCUT2D eigenvalue weighted by Gasteiger charge is 2.09. The normalized spacial score (nSPS) is 10.0. The van der Waals surface area contributed by atoms with Crippen LogP contribution in [0.2, 0.25) is 0 Å². The number of ether oxygens (including phenoxy) is 3. The quantitative estimate of drug-likeness (QED) is 0.375. The molecule has 0 N–H and O–H groups in total. The van der Waals surface area contributed by atoms with Crippen LogP contribution in [0.3, 0.4) is 0 Å². The number of carbonyl (C=O) groups is 2. The molecule has 5 heteroatoms. The van der Waals surface area contributed by atoms with Gasteiger partial charge in [-0.15, -0.1) is 0 Å². The molecule has 0 saturated carbocycles. The summed E-state index contributed by atoms with van der Waals surface area (Å²) in [5.41, 5.74) is 1.38. The lowest BCUT2D eigenvalue weighted by atomic mass is 10.1. The van der Waals surface area contributed by atoms with Crippen LogP contribution < -0.4 is 4.74 Å². The predicted molar refractivity (Wildman–Crippen MR) is 87.6 cm³/mol. The third-order valence-electron chi connectivity index (χ3n) is 3.32. The minimum Gasteiger partial charge on any atom is -0.494 e. The third kappa shape index (κ3) is 7.00. The molecule has 0 spiro atoms. The molecule has 1 aromatic carbocycles. The highest BCUT2D eigenvalue weighted by molar-refractivity contribution is 5.91. The van der Waals surface area contributed by atoms with Gasteiger partial charge in [-0.2, -0.15) is 0 Å². The first kappa shape index (κ1) is 18.7. The van der Waals surface area contributed by atoms with Crippen molar-refractivity contribution in [2.24, 2.45) is 0 Å². The van der Waals surface area contributed by atoms with Crippen molar-refractivity contribution < 1.29 is 23.8 Å². The molecule has 0 bridgehead atoms. The molecule has 0 heterocycles. The number of aryl methyl sites for hydroxylation is 1. The first-order valence-corrected chi connectivity index (χ1v) is 7.69. The predicted octanol–water partition coefficient (Wildman–Crippen LogP) is 3.45. The highest BCUT2D eigenvalue weighted by Crippen LogP contribution is 2.18. The van der Waals surface area contributed by atoms with E-state index in [9.17, 15) is 9.59 Å². The molecule has 0 aliphatic carbocycles. The van der Waals surface area contributed by atoms with Crippen molar-refractivity contribution in [3.63, 3.8) is 0 Å². The Morgan fingerprint density at radius 2 is 1.83 bits per heavy atom. The standard InChI is InChI=1S/C18H24O5/c1-4-17(19)23-12-8-6-5-7-11-22-15-9-10-16(14(2)13-15)18(20)21-3/h4,9-10,13H,1,5-8,11-12H2,2-3H3. The number of benzene rings is 1. The van der Waals surface area contributed by atoms with Crippen LogP contribution in [0, 0.1) is 6.92 Å². The van der Waals surface area contributed by atoms with Crippen LogP contribution in [0.4, 0.5) is 0 Å². The lowest BCUT2D eigenvalue weighted by Gasteiger charge is -2.09. The second kappa shape index (κ2) is 10.4. The van der Waals surface area contributed by atoms with Crippen molar-refractivity contribution in [3.8, 4) is 5.75 Å². The highest BCUT2D eigenvalue weighted by atomic mass is 16.5. The first-order valence-electron chi connectivity index (χ1n) is 7.69. The summed E-state index contributed by atoms with van der Waals surface area (Å²) in [6.45, 7) is 6.23. The molecule has 0 aromatic heterocycles. The first-order chi connectivity index (χ1) is 11.1. The molecule has 1 aromatic rings. The van der Waals surface area contributed by atoms with Crippen molar-refractivity contribution in [2.75, 3.05) is 20.3 Å². The van der Waals surface area contributed by atoms with Gasteiger partial charge in [-0.1, -0.05) is 6.58 Å². The molecule has 0 atom stereocenters. The Kier molecular flexibility index (Phi) is 8.50. The third-order valence-corrected chi connectivity index (χ3v) is 3.32. The number of methoxy groups -OCH3 is 1. The zero-order chi connectivity index (χ0) is 17.1. The van der Waals surface area contributed by atoms with E-state index < -0.39 is 0 Å². The van der Waals surface area contributed by atoms with Crippen molar-refractivity contribution in [2.45, 2.75) is 32.6 Å². The molecule has 0 radical (unpaired) electrons. The van der Waals surface area contributed by atoms with Crippen LogP contribution in [0.25, 0.3) is 0 Å². The number of carbonyl (C=O) groups excluding carboxylic acids is 2. The van der Waals surface area contributed by atoms with E-state index in [-0.39, 0.29) is 11.9 Å². The average molecular weight is 320 g/mol. The number of esters is 2. The van der Waals surface area contributed by atoms with Gasteiger partial charge in [0.05, 0.1) is 25.9 Å². The summed E-state index contributed by atoms with van der Waals surface area (Å²) < 4.78 is 15.3. The lowest BCUT2D eigenvalue weighted by molar-refractivity contribution is -0.137. The van der Waals surface area contributed by atoms with Crippen molar-refractivity contribution in [1.29, 1.82) is 0 Å². The lowest BCUT2D eigenvalue weighted by Crippen LogP contribution is -2.05. The molecule has 5 nitrogen and oxygen atoms in total. The Morgan fingerprint density at radius 3 is 2.43 bits per heavy atom. The van der Waals surface area contributed by atoms with Crippen molar-refractivity contribution in [1.82, 2.24) is 0 Å². The van der Waals surface area contributed by atoms with Gasteiger partial charge in [-0.05, 0) is 56.4 Å². The summed E-state index contributed by atoms with van der Waals surface area (Å²) in [7, 11) is 1.37. The fraction of sp³-hybridized carbons (Fsp3) is 0.444. The molecule has 126 valence electrons. The minimum absolute atomic E-state index is 0.341. The smallest absolute Gasteiger partial charge is 0.338 e. The topological polar surface area (TPSA) is 61.8 Å². The van der Waals surface area contributed by atoms with Gasteiger partial charge in [0.25, 0.3) is 0 Å². The van der Waals surface area contributed by atoms with Crippen molar-refractivity contribution >= 4 is 11.9 Å². The molecule has 0 unspecified atom stereocenters. The van der Waals surface area contributed by atoms with Crippen LogP contribution in [-0.4, -0.2) is 32.3 Å². The largest absolute Gasteiger partial charge is 0.494 e. The maximum absolute atomic E-state index is 11.5. The Morgan fingerprint density at radius 1 is 1.13 bits per heavy atom. The molecular weight excluding hydrogens is 296 g/mol. The SMILES string of the molecule is C=CC(=O)OCCCCCCOc1ccc(C(=O)OC)c(C)c1. The van der Waals surface area contributed by atoms with Gasteiger partial charge in [0, 0.05) is 6.08 Å². The molecule has 0 aliphatic rings. The van der Waals surface area contributed by atoms with Gasteiger partial charge >= 0.3 is 11.9 Å². The minimum atomic E-state index is -0.376. The van der Waals surface area contributed by atoms with Gasteiger partial charge in [0.2, 0.25) is 0 Å². The van der Waals surface area contributed by atoms with E-state index in [2.05, 4.69) is 6.58 Å². The van der Waals surface area contributed by atoms with E-state index in [0.29, 0.717) is 18.8 Å². The Labute approximate surface area is 137 Å². The van der Waals surface area contributed by atoms with Gasteiger partial charge in [-0.3, -0.25) is 0 Å². The molecule has 0 saturated heterocycles. The van der Waals surface area contributed by atoms with Crippen LogP contribution >= 0.6 is 0 Å². The summed E-state index contributed by atoms with van der Waals surface area (Å²) in [6, 6.07) is 5.32. The summed E-state index contributed by atoms with van der Waals surface area (Å²) >= 11 is 0. The van der Waals surface area contributed by atoms with Crippen LogP contribution in [0.1, 0.15) is 41.6 Å². The van der Waals surface area contributed by atoms with Gasteiger partial charge < -0.3 is 14.2 Å². The average Bonchev–Trinajstić information content (AvgIpc) is 2.56. The zero-order valence-corrected chi connectivity index (χ0v) is 13.8. The Balaban J connectivity index is 2.19. The monoisotopic (exact) mass is 320 g/mol. The number of unbranched alkanes of at least 4 members (excludes halogenated alkanes) is 3. The summed E-state index contributed by atoms with van der Waals surface area (Å²) in [4.78, 5) is 22.3. The Bertz CT molecular complexity index is 536. The molecule has 0 aliphatic heterocycles. The van der Waals surface area contributed by atoms with Crippen LogP contribution in [-0.2, 0) is 14.3 Å². The van der Waals surface area contributed by atoms with Crippen LogP contribution in [0.5, 0.6) is 5.75 Å². The van der Waals surface area contributed by atoms with E-state index in [0.717, 1.165) is 37.0 Å². The zero-order valence-electron chi connectivity index (χ0n) is 13.8. The van der Waals surface area contributed by atoms with Crippen LogP contribution in [0.15, 0.2) is 30.9 Å². The molecule has 23 heavy (non-hydrogen) atoms. The number of hydrogen-bond donors (Lipinski definition) is 0.